The van der Waals surface area contributed by atoms with Crippen molar-refractivity contribution in [3.05, 3.63) is 47.4 Å². The summed E-state index contributed by atoms with van der Waals surface area (Å²) in [5.74, 6) is -1.35. The first-order valence-electron chi connectivity index (χ1n) is 5.61. The highest BCUT2D eigenvalue weighted by Gasteiger charge is 2.34. The average molecular weight is 296 g/mol. The summed E-state index contributed by atoms with van der Waals surface area (Å²) in [6.07, 6.45) is -3.53. The lowest BCUT2D eigenvalue weighted by atomic mass is 10.1. The zero-order valence-electron chi connectivity index (χ0n) is 10.4. The highest BCUT2D eigenvalue weighted by Crippen LogP contribution is 2.34. The summed E-state index contributed by atoms with van der Waals surface area (Å²) < 4.78 is 51.0. The summed E-state index contributed by atoms with van der Waals surface area (Å²) in [4.78, 5) is 3.83. The van der Waals surface area contributed by atoms with E-state index in [1.807, 2.05) is 6.07 Å². The summed E-state index contributed by atoms with van der Waals surface area (Å²) >= 11 is 0. The first-order chi connectivity index (χ1) is 9.82. The number of aromatic nitrogens is 1. The molecule has 0 bridgehead atoms. The molecule has 1 aromatic carbocycles. The van der Waals surface area contributed by atoms with Crippen LogP contribution in [-0.2, 0) is 6.18 Å². The van der Waals surface area contributed by atoms with E-state index in [9.17, 15) is 17.6 Å². The van der Waals surface area contributed by atoms with Gasteiger partial charge in [0.15, 0.2) is 5.82 Å². The minimum atomic E-state index is -4.81. The second-order valence-electron chi connectivity index (χ2n) is 4.05. The van der Waals surface area contributed by atoms with E-state index in [-0.39, 0.29) is 22.8 Å². The van der Waals surface area contributed by atoms with Crippen LogP contribution in [0.15, 0.2) is 30.5 Å². The Hall–Kier alpha value is -2.82. The van der Waals surface area contributed by atoms with Crippen molar-refractivity contribution < 1.29 is 17.6 Å². The van der Waals surface area contributed by atoms with Crippen LogP contribution in [0.5, 0.6) is 0 Å². The molecule has 0 atom stereocenters. The second-order valence-corrected chi connectivity index (χ2v) is 4.05. The summed E-state index contributed by atoms with van der Waals surface area (Å²) in [5, 5.41) is 11.3. The molecule has 0 aliphatic carbocycles. The number of nitrogens with one attached hydrogen (secondary N) is 1. The van der Waals surface area contributed by atoms with Gasteiger partial charge in [0, 0.05) is 11.9 Å². The molecule has 0 unspecified atom stereocenters. The van der Waals surface area contributed by atoms with Gasteiger partial charge in [0.05, 0.1) is 16.8 Å². The Morgan fingerprint density at radius 3 is 2.57 bits per heavy atom. The molecule has 0 amide bonds. The largest absolute Gasteiger partial charge is 0.419 e. The lowest BCUT2D eigenvalue weighted by Gasteiger charge is -2.12. The van der Waals surface area contributed by atoms with E-state index < -0.39 is 17.6 Å². The van der Waals surface area contributed by atoms with Crippen LogP contribution in [0.1, 0.15) is 11.1 Å². The van der Waals surface area contributed by atoms with E-state index in [0.717, 1.165) is 6.07 Å². The maximum atomic E-state index is 13.2. The summed E-state index contributed by atoms with van der Waals surface area (Å²) in [7, 11) is 0. The third-order valence-corrected chi connectivity index (χ3v) is 2.65. The van der Waals surface area contributed by atoms with E-state index >= 15 is 0 Å². The van der Waals surface area contributed by atoms with Gasteiger partial charge in [0.25, 0.3) is 0 Å². The summed E-state index contributed by atoms with van der Waals surface area (Å²) in [5.41, 5.74) is 4.34. The number of alkyl halides is 3. The molecule has 2 rings (SSSR count). The topological polar surface area (TPSA) is 74.7 Å². The van der Waals surface area contributed by atoms with Gasteiger partial charge in [-0.1, -0.05) is 0 Å². The number of nitriles is 1. The van der Waals surface area contributed by atoms with Crippen molar-refractivity contribution in [3.8, 4) is 6.07 Å². The Morgan fingerprint density at radius 1 is 1.24 bits per heavy atom. The predicted octanol–water partition coefficient (Wildman–Crippen LogP) is 3.44. The Kier molecular flexibility index (Phi) is 3.67. The molecule has 0 saturated carbocycles. The number of hydrogen-bond donors (Lipinski definition) is 2. The molecule has 3 N–H and O–H groups in total. The van der Waals surface area contributed by atoms with Gasteiger partial charge >= 0.3 is 6.18 Å². The number of nitrogens with two attached hydrogens (primary N) is 1. The fourth-order valence-electron chi connectivity index (χ4n) is 1.63. The number of nitrogen functional groups attached to an aromatic ring is 1. The fourth-order valence-corrected chi connectivity index (χ4v) is 1.63. The highest BCUT2D eigenvalue weighted by atomic mass is 19.4. The van der Waals surface area contributed by atoms with Crippen molar-refractivity contribution in [3.63, 3.8) is 0 Å². The zero-order chi connectivity index (χ0) is 15.6. The van der Waals surface area contributed by atoms with Crippen molar-refractivity contribution in [2.75, 3.05) is 11.1 Å². The zero-order valence-corrected chi connectivity index (χ0v) is 10.4. The van der Waals surface area contributed by atoms with Gasteiger partial charge in [-0.15, -0.1) is 0 Å². The molecule has 0 radical (unpaired) electrons. The van der Waals surface area contributed by atoms with E-state index in [2.05, 4.69) is 10.3 Å². The number of benzene rings is 1. The van der Waals surface area contributed by atoms with Crippen LogP contribution in [0.2, 0.25) is 0 Å². The number of hydrogen-bond acceptors (Lipinski definition) is 4. The van der Waals surface area contributed by atoms with Crippen molar-refractivity contribution in [1.29, 1.82) is 5.26 Å². The van der Waals surface area contributed by atoms with Crippen LogP contribution < -0.4 is 11.1 Å². The maximum Gasteiger partial charge on any atom is 0.419 e. The van der Waals surface area contributed by atoms with Gasteiger partial charge in [-0.2, -0.15) is 18.4 Å². The van der Waals surface area contributed by atoms with Crippen molar-refractivity contribution in [2.45, 2.75) is 6.18 Å². The first kappa shape index (κ1) is 14.6. The third kappa shape index (κ3) is 3.02. The second kappa shape index (κ2) is 5.28. The molecule has 8 heteroatoms. The third-order valence-electron chi connectivity index (χ3n) is 2.65. The molecule has 0 fully saturated rings. The minimum absolute atomic E-state index is 0.00196. The number of anilines is 3. The molecule has 108 valence electrons. The number of nitrogens with zero attached hydrogens (tertiary/aromatic N) is 2. The summed E-state index contributed by atoms with van der Waals surface area (Å²) in [6, 6.07) is 5.60. The van der Waals surface area contributed by atoms with Crippen LogP contribution >= 0.6 is 0 Å². The lowest BCUT2D eigenvalue weighted by molar-refractivity contribution is -0.139. The Morgan fingerprint density at radius 2 is 1.95 bits per heavy atom. The molecule has 0 spiro atoms. The Labute approximate surface area is 116 Å². The molecule has 4 nitrogen and oxygen atoms in total. The van der Waals surface area contributed by atoms with Crippen molar-refractivity contribution in [2.24, 2.45) is 0 Å². The molecule has 1 aromatic heterocycles. The van der Waals surface area contributed by atoms with Gasteiger partial charge < -0.3 is 11.1 Å². The first-order valence-corrected chi connectivity index (χ1v) is 5.61. The average Bonchev–Trinajstić information content (AvgIpc) is 2.42. The van der Waals surface area contributed by atoms with E-state index in [1.54, 1.807) is 0 Å². The Balaban J connectivity index is 2.40. The van der Waals surface area contributed by atoms with Gasteiger partial charge in [-0.05, 0) is 24.3 Å². The molecule has 0 saturated heterocycles. The van der Waals surface area contributed by atoms with Gasteiger partial charge in [-0.25, -0.2) is 9.37 Å². The number of rotatable bonds is 2. The van der Waals surface area contributed by atoms with Crippen LogP contribution in [0.4, 0.5) is 34.8 Å². The molecule has 21 heavy (non-hydrogen) atoms. The SMILES string of the molecule is N#Cc1ccnc(Nc2ccc(F)c(C(F)(F)F)c2)c1N. The molecule has 0 aliphatic rings. The molecular formula is C13H8F4N4. The van der Waals surface area contributed by atoms with E-state index in [4.69, 9.17) is 11.0 Å². The predicted molar refractivity (Wildman–Crippen MR) is 68.0 cm³/mol. The fraction of sp³-hybridized carbons (Fsp3) is 0.0769. The normalized spacial score (nSPS) is 11.0. The quantitative estimate of drug-likeness (QED) is 0.832. The summed E-state index contributed by atoms with van der Waals surface area (Å²) in [6.45, 7) is 0. The number of halogens is 4. The molecular weight excluding hydrogens is 288 g/mol. The maximum absolute atomic E-state index is 13.2. The van der Waals surface area contributed by atoms with E-state index in [1.165, 1.54) is 12.3 Å². The lowest BCUT2D eigenvalue weighted by Crippen LogP contribution is -2.09. The van der Waals surface area contributed by atoms with Gasteiger partial charge in [-0.3, -0.25) is 0 Å². The Bertz CT molecular complexity index is 719. The molecule has 0 aliphatic heterocycles. The van der Waals surface area contributed by atoms with Crippen LogP contribution in [0.3, 0.4) is 0 Å². The minimum Gasteiger partial charge on any atom is -0.395 e. The number of pyridine rings is 1. The standard InChI is InChI=1S/C13H8F4N4/c14-10-2-1-8(5-9(10)13(15,16)17)21-12-11(19)7(6-18)3-4-20-12/h1-5H,19H2,(H,20,21). The van der Waals surface area contributed by atoms with Crippen LogP contribution in [0, 0.1) is 17.1 Å². The van der Waals surface area contributed by atoms with Crippen LogP contribution in [-0.4, -0.2) is 4.98 Å². The van der Waals surface area contributed by atoms with Gasteiger partial charge in [0.2, 0.25) is 0 Å². The monoisotopic (exact) mass is 296 g/mol. The van der Waals surface area contributed by atoms with Crippen molar-refractivity contribution in [1.82, 2.24) is 4.98 Å². The molecule has 2 aromatic rings. The smallest absolute Gasteiger partial charge is 0.395 e. The van der Waals surface area contributed by atoms with Crippen LogP contribution in [0.25, 0.3) is 0 Å². The van der Waals surface area contributed by atoms with Gasteiger partial charge in [0.1, 0.15) is 11.9 Å². The van der Waals surface area contributed by atoms with Crippen molar-refractivity contribution >= 4 is 17.2 Å². The highest BCUT2D eigenvalue weighted by molar-refractivity contribution is 5.73. The van der Waals surface area contributed by atoms with E-state index in [0.29, 0.717) is 12.1 Å². The molecule has 1 heterocycles.